The number of nitrogens with zero attached hydrogens (tertiary/aromatic N) is 1. The summed E-state index contributed by atoms with van der Waals surface area (Å²) in [5.74, 6) is -1.18. The maximum atomic E-state index is 13.9. The van der Waals surface area contributed by atoms with Gasteiger partial charge in [-0.2, -0.15) is 0 Å². The van der Waals surface area contributed by atoms with Crippen LogP contribution in [-0.2, 0) is 10.3 Å². The molecule has 0 radical (unpaired) electrons. The monoisotopic (exact) mass is 418 g/mol. The summed E-state index contributed by atoms with van der Waals surface area (Å²) in [7, 11) is 0. The summed E-state index contributed by atoms with van der Waals surface area (Å²) in [5.41, 5.74) is -1.28. The number of amides is 3. The van der Waals surface area contributed by atoms with Crippen molar-refractivity contribution in [2.75, 3.05) is 19.8 Å². The first kappa shape index (κ1) is 20.1. The molecule has 2 aromatic carbocycles. The number of hydrogen-bond acceptors (Lipinski definition) is 5. The summed E-state index contributed by atoms with van der Waals surface area (Å²) in [5, 5.41) is 12.9. The zero-order valence-corrected chi connectivity index (χ0v) is 16.2. The standard InChI is InChI=1S/C21H20F2N2O5/c1-21(12-3-6-17-18(9-12)30-8-2-7-29-17)19(27)25(20(28)24-21)11-16(26)14-10-13(22)4-5-15(14)23/h3-6,9-10,16,26H,2,7-8,11H2,1H3,(H,24,28). The van der Waals surface area contributed by atoms with E-state index in [2.05, 4.69) is 5.32 Å². The molecule has 2 atom stereocenters. The van der Waals surface area contributed by atoms with Gasteiger partial charge in [-0.1, -0.05) is 6.07 Å². The first-order valence-corrected chi connectivity index (χ1v) is 9.47. The van der Waals surface area contributed by atoms with Gasteiger partial charge in [0.05, 0.1) is 19.8 Å². The Bertz CT molecular complexity index is 1010. The first-order chi connectivity index (χ1) is 14.3. The fourth-order valence-corrected chi connectivity index (χ4v) is 3.57. The third kappa shape index (κ3) is 3.45. The van der Waals surface area contributed by atoms with Gasteiger partial charge in [0.1, 0.15) is 23.3 Å². The molecule has 3 amide bonds. The van der Waals surface area contributed by atoms with Crippen molar-refractivity contribution in [1.29, 1.82) is 0 Å². The van der Waals surface area contributed by atoms with Crippen LogP contribution in [-0.4, -0.2) is 41.7 Å². The lowest BCUT2D eigenvalue weighted by atomic mass is 9.91. The number of imide groups is 1. The first-order valence-electron chi connectivity index (χ1n) is 9.47. The highest BCUT2D eigenvalue weighted by molar-refractivity contribution is 6.07. The molecule has 0 aromatic heterocycles. The summed E-state index contributed by atoms with van der Waals surface area (Å²) < 4.78 is 38.6. The number of ether oxygens (including phenoxy) is 2. The van der Waals surface area contributed by atoms with Crippen molar-refractivity contribution < 1.29 is 33.0 Å². The third-order valence-corrected chi connectivity index (χ3v) is 5.27. The predicted molar refractivity (Wildman–Crippen MR) is 101 cm³/mol. The molecule has 2 aliphatic heterocycles. The van der Waals surface area contributed by atoms with E-state index in [0.717, 1.165) is 29.5 Å². The van der Waals surface area contributed by atoms with Gasteiger partial charge in [0.25, 0.3) is 5.91 Å². The van der Waals surface area contributed by atoms with E-state index < -0.39 is 41.8 Å². The minimum absolute atomic E-state index is 0.334. The number of benzene rings is 2. The van der Waals surface area contributed by atoms with E-state index >= 15 is 0 Å². The number of β-amino-alcohol motifs (C(OH)–C–C–N with tert-alkyl or cyclic N) is 1. The van der Waals surface area contributed by atoms with Crippen molar-refractivity contribution in [1.82, 2.24) is 10.2 Å². The molecule has 4 rings (SSSR count). The smallest absolute Gasteiger partial charge is 0.325 e. The minimum Gasteiger partial charge on any atom is -0.490 e. The Balaban J connectivity index is 1.59. The lowest BCUT2D eigenvalue weighted by Gasteiger charge is -2.24. The average molecular weight is 418 g/mol. The molecular weight excluding hydrogens is 398 g/mol. The van der Waals surface area contributed by atoms with E-state index in [9.17, 15) is 23.5 Å². The molecule has 0 aliphatic carbocycles. The molecule has 2 unspecified atom stereocenters. The number of nitrogens with one attached hydrogen (secondary N) is 1. The Morgan fingerprint density at radius 1 is 1.13 bits per heavy atom. The summed E-state index contributed by atoms with van der Waals surface area (Å²) in [4.78, 5) is 26.4. The van der Waals surface area contributed by atoms with Gasteiger partial charge in [-0.05, 0) is 42.8 Å². The van der Waals surface area contributed by atoms with Gasteiger partial charge in [0, 0.05) is 12.0 Å². The Labute approximate surface area is 171 Å². The Kier molecular flexibility index (Phi) is 5.07. The molecule has 2 aromatic rings. The van der Waals surface area contributed by atoms with Crippen LogP contribution in [0.3, 0.4) is 0 Å². The normalized spacial score (nSPS) is 21.9. The molecule has 0 saturated carbocycles. The van der Waals surface area contributed by atoms with Gasteiger partial charge in [0.2, 0.25) is 0 Å². The number of carbonyl (C=O) groups excluding carboxylic acids is 2. The second kappa shape index (κ2) is 7.56. The molecule has 2 N–H and O–H groups in total. The zero-order valence-electron chi connectivity index (χ0n) is 16.2. The maximum absolute atomic E-state index is 13.9. The highest BCUT2D eigenvalue weighted by Gasteiger charge is 2.49. The van der Waals surface area contributed by atoms with E-state index in [4.69, 9.17) is 9.47 Å². The van der Waals surface area contributed by atoms with Crippen LogP contribution in [0.5, 0.6) is 11.5 Å². The highest BCUT2D eigenvalue weighted by Crippen LogP contribution is 2.37. The van der Waals surface area contributed by atoms with Crippen LogP contribution in [0.25, 0.3) is 0 Å². The molecule has 7 nitrogen and oxygen atoms in total. The van der Waals surface area contributed by atoms with Crippen LogP contribution in [0.2, 0.25) is 0 Å². The van der Waals surface area contributed by atoms with Gasteiger partial charge >= 0.3 is 6.03 Å². The molecule has 2 heterocycles. The van der Waals surface area contributed by atoms with Crippen molar-refractivity contribution in [3.05, 3.63) is 59.2 Å². The van der Waals surface area contributed by atoms with Gasteiger partial charge in [-0.3, -0.25) is 9.69 Å². The lowest BCUT2D eigenvalue weighted by molar-refractivity contribution is -0.132. The van der Waals surface area contributed by atoms with E-state index in [1.165, 1.54) is 6.92 Å². The number of carbonyl (C=O) groups is 2. The number of hydrogen-bond donors (Lipinski definition) is 2. The summed E-state index contributed by atoms with van der Waals surface area (Å²) in [6.07, 6.45) is -0.860. The van der Waals surface area contributed by atoms with Crippen LogP contribution < -0.4 is 14.8 Å². The molecule has 0 spiro atoms. The Hall–Kier alpha value is -3.20. The fraction of sp³-hybridized carbons (Fsp3) is 0.333. The Morgan fingerprint density at radius 2 is 1.87 bits per heavy atom. The average Bonchev–Trinajstić information content (AvgIpc) is 2.89. The molecule has 9 heteroatoms. The van der Waals surface area contributed by atoms with Crippen molar-refractivity contribution in [2.45, 2.75) is 25.0 Å². The van der Waals surface area contributed by atoms with E-state index in [1.54, 1.807) is 18.2 Å². The Morgan fingerprint density at radius 3 is 2.63 bits per heavy atom. The second-order valence-corrected chi connectivity index (χ2v) is 7.36. The molecule has 30 heavy (non-hydrogen) atoms. The molecular formula is C21H20F2N2O5. The number of aliphatic hydroxyl groups is 1. The fourth-order valence-electron chi connectivity index (χ4n) is 3.57. The van der Waals surface area contributed by atoms with Crippen molar-refractivity contribution in [2.24, 2.45) is 0 Å². The summed E-state index contributed by atoms with van der Waals surface area (Å²) in [6, 6.07) is 6.83. The SMILES string of the molecule is CC1(c2ccc3c(c2)OCCCO3)NC(=O)N(CC(O)c2cc(F)ccc2F)C1=O. The number of aliphatic hydroxyl groups excluding tert-OH is 1. The predicted octanol–water partition coefficient (Wildman–Crippen LogP) is 2.63. The topological polar surface area (TPSA) is 88.1 Å². The van der Waals surface area contributed by atoms with Crippen LogP contribution >= 0.6 is 0 Å². The zero-order chi connectivity index (χ0) is 21.5. The third-order valence-electron chi connectivity index (χ3n) is 5.27. The van der Waals surface area contributed by atoms with Crippen LogP contribution in [0.1, 0.15) is 30.6 Å². The van der Waals surface area contributed by atoms with Crippen LogP contribution in [0.4, 0.5) is 13.6 Å². The quantitative estimate of drug-likeness (QED) is 0.746. The molecule has 2 aliphatic rings. The number of fused-ring (bicyclic) bond motifs is 1. The van der Waals surface area contributed by atoms with Gasteiger partial charge in [0.15, 0.2) is 11.5 Å². The van der Waals surface area contributed by atoms with Crippen molar-refractivity contribution >= 4 is 11.9 Å². The second-order valence-electron chi connectivity index (χ2n) is 7.36. The molecule has 1 fully saturated rings. The highest BCUT2D eigenvalue weighted by atomic mass is 19.1. The summed E-state index contributed by atoms with van der Waals surface area (Å²) >= 11 is 0. The largest absolute Gasteiger partial charge is 0.490 e. The lowest BCUT2D eigenvalue weighted by Crippen LogP contribution is -2.41. The van der Waals surface area contributed by atoms with E-state index in [-0.39, 0.29) is 5.56 Å². The molecule has 1 saturated heterocycles. The van der Waals surface area contributed by atoms with E-state index in [1.807, 2.05) is 0 Å². The number of rotatable bonds is 4. The molecule has 0 bridgehead atoms. The number of urea groups is 1. The van der Waals surface area contributed by atoms with Crippen LogP contribution in [0, 0.1) is 11.6 Å². The van der Waals surface area contributed by atoms with Gasteiger partial charge < -0.3 is 19.9 Å². The molecule has 158 valence electrons. The minimum atomic E-state index is -1.58. The van der Waals surface area contributed by atoms with E-state index in [0.29, 0.717) is 30.3 Å². The summed E-state index contributed by atoms with van der Waals surface area (Å²) in [6.45, 7) is 1.99. The van der Waals surface area contributed by atoms with Gasteiger partial charge in [-0.15, -0.1) is 0 Å². The maximum Gasteiger partial charge on any atom is 0.325 e. The number of halogens is 2. The van der Waals surface area contributed by atoms with Crippen LogP contribution in [0.15, 0.2) is 36.4 Å². The van der Waals surface area contributed by atoms with Crippen molar-refractivity contribution in [3.8, 4) is 11.5 Å². The van der Waals surface area contributed by atoms with Crippen molar-refractivity contribution in [3.63, 3.8) is 0 Å². The van der Waals surface area contributed by atoms with Gasteiger partial charge in [-0.25, -0.2) is 13.6 Å².